The number of hydrogen-bond donors (Lipinski definition) is 0. The molecule has 0 heterocycles. The van der Waals surface area contributed by atoms with Crippen molar-refractivity contribution in [3.8, 4) is 45.9 Å². The molecule has 2 unspecified atom stereocenters. The summed E-state index contributed by atoms with van der Waals surface area (Å²) in [5, 5.41) is 4.72. The van der Waals surface area contributed by atoms with Gasteiger partial charge in [-0.25, -0.2) is 8.78 Å². The summed E-state index contributed by atoms with van der Waals surface area (Å²) in [5.74, 6) is 8.46. The van der Waals surface area contributed by atoms with Gasteiger partial charge < -0.3 is 0 Å². The van der Waals surface area contributed by atoms with Crippen LogP contribution >= 0.6 is 0 Å². The topological polar surface area (TPSA) is 0 Å². The van der Waals surface area contributed by atoms with Gasteiger partial charge in [0, 0.05) is 34.1 Å². The average molecular weight is 633 g/mol. The number of rotatable bonds is 0. The van der Waals surface area contributed by atoms with Gasteiger partial charge >= 0.3 is 0 Å². The lowest BCUT2D eigenvalue weighted by Crippen LogP contribution is -2.27. The minimum absolute atomic E-state index is 0.415. The number of alkyl halides is 2. The van der Waals surface area contributed by atoms with Crippen LogP contribution in [0.15, 0.2) is 146 Å². The van der Waals surface area contributed by atoms with Gasteiger partial charge in [0.2, 0.25) is 0 Å². The van der Waals surface area contributed by atoms with Gasteiger partial charge in [-0.1, -0.05) is 96.5 Å². The van der Waals surface area contributed by atoms with Gasteiger partial charge in [-0.15, -0.1) is 0 Å². The summed E-state index contributed by atoms with van der Waals surface area (Å²) in [6, 6.07) is 48.9. The van der Waals surface area contributed by atoms with E-state index in [1.165, 1.54) is 21.5 Å². The Bertz CT molecular complexity index is 2390. The molecule has 2 heteroatoms. The minimum Gasteiger partial charge on any atom is -0.205 e. The lowest BCUT2D eigenvalue weighted by atomic mass is 9.88. The molecule has 9 rings (SSSR count). The van der Waals surface area contributed by atoms with Gasteiger partial charge in [0.05, 0.1) is 0 Å². The van der Waals surface area contributed by atoms with E-state index in [1.807, 2.05) is 72.8 Å². The molecule has 0 nitrogen and oxygen atoms in total. The Morgan fingerprint density at radius 1 is 0.388 bits per heavy atom. The zero-order valence-corrected chi connectivity index (χ0v) is 26.7. The molecular weight excluding hydrogens is 603 g/mol. The number of halogens is 2. The van der Waals surface area contributed by atoms with Gasteiger partial charge in [0.15, 0.2) is 0 Å². The summed E-state index contributed by atoms with van der Waals surface area (Å²) in [5.41, 5.74) is 8.90. The summed E-state index contributed by atoms with van der Waals surface area (Å²) < 4.78 is 32.4. The second-order valence-electron chi connectivity index (χ2n) is 13.2. The lowest BCUT2D eigenvalue weighted by Gasteiger charge is -2.25. The molecule has 0 amide bonds. The van der Waals surface area contributed by atoms with Crippen molar-refractivity contribution in [1.29, 1.82) is 0 Å². The molecule has 0 aromatic heterocycles. The summed E-state index contributed by atoms with van der Waals surface area (Å²) in [7, 11) is 0. The fraction of sp³-hybridized carbons (Fsp3) is 0.106. The van der Waals surface area contributed by atoms with Crippen molar-refractivity contribution in [1.82, 2.24) is 0 Å². The first-order chi connectivity index (χ1) is 24.0. The molecule has 232 valence electrons. The quantitative estimate of drug-likeness (QED) is 0.115. The van der Waals surface area contributed by atoms with E-state index in [9.17, 15) is 0 Å². The molecule has 1 saturated carbocycles. The monoisotopic (exact) mass is 632 g/mol. The highest BCUT2D eigenvalue weighted by molar-refractivity contribution is 6.01. The summed E-state index contributed by atoms with van der Waals surface area (Å²) in [6.45, 7) is 0. The Morgan fingerprint density at radius 2 is 0.776 bits per heavy atom. The van der Waals surface area contributed by atoms with Crippen LogP contribution < -0.4 is 0 Å². The third-order valence-electron chi connectivity index (χ3n) is 10.1. The maximum Gasteiger partial charge on any atom is 0.261 e. The molecule has 0 radical (unpaired) electrons. The first-order valence-corrected chi connectivity index (χ1v) is 16.8. The molecule has 0 spiro atoms. The first kappa shape index (κ1) is 29.2. The van der Waals surface area contributed by atoms with Crippen LogP contribution in [0, 0.1) is 23.7 Å². The smallest absolute Gasteiger partial charge is 0.205 e. The van der Waals surface area contributed by atoms with E-state index in [1.54, 1.807) is 0 Å². The van der Waals surface area contributed by atoms with Crippen LogP contribution in [0.4, 0.5) is 8.78 Å². The van der Waals surface area contributed by atoms with Crippen molar-refractivity contribution < 1.29 is 8.78 Å². The van der Waals surface area contributed by atoms with Crippen LogP contribution in [0.1, 0.15) is 58.1 Å². The van der Waals surface area contributed by atoms with Crippen molar-refractivity contribution >= 4 is 21.5 Å². The Balaban J connectivity index is 1.20. The van der Waals surface area contributed by atoms with E-state index in [4.69, 9.17) is 0 Å². The normalized spacial score (nSPS) is 17.2. The predicted octanol–water partition coefficient (Wildman–Crippen LogP) is 11.7. The Kier molecular flexibility index (Phi) is 6.93. The molecule has 7 aromatic carbocycles. The van der Waals surface area contributed by atoms with E-state index in [0.717, 1.165) is 44.5 Å². The van der Waals surface area contributed by atoms with Crippen LogP contribution in [0.2, 0.25) is 0 Å². The molecule has 0 N–H and O–H groups in total. The summed E-state index contributed by atoms with van der Waals surface area (Å²) in [6.07, 6.45) is 0.829. The van der Waals surface area contributed by atoms with Crippen LogP contribution in [0.25, 0.3) is 43.8 Å². The minimum atomic E-state index is -2.90. The maximum atomic E-state index is 16.2. The molecule has 49 heavy (non-hydrogen) atoms. The number of fused-ring (bicyclic) bond motifs is 16. The predicted molar refractivity (Wildman–Crippen MR) is 197 cm³/mol. The second-order valence-corrected chi connectivity index (χ2v) is 13.2. The molecule has 0 saturated heterocycles. The van der Waals surface area contributed by atoms with E-state index in [2.05, 4.69) is 96.5 Å². The molecule has 0 aliphatic heterocycles. The average Bonchev–Trinajstić information content (AvgIpc) is 3.46. The third kappa shape index (κ3) is 5.47. The standard InChI is InChI=1S/C47H30F2/c48-47(49)45-21-22-46(47)42-12-4-8-34(26-42)16-14-32-6-2-10-36(24-32)38-18-20-40-27-39-19-17-37(28-43(39)30-44(40)29-38)35-9-1-5-31(23-35)13-15-33-7-3-11-41(45)25-33/h1-12,17-20,23-30,45-46H,21-22H2. The van der Waals surface area contributed by atoms with Crippen molar-refractivity contribution in [2.45, 2.75) is 30.6 Å². The van der Waals surface area contributed by atoms with Gasteiger partial charge in [-0.2, -0.15) is 0 Å². The Morgan fingerprint density at radius 3 is 1.24 bits per heavy atom. The highest BCUT2D eigenvalue weighted by atomic mass is 19.3. The van der Waals surface area contributed by atoms with Gasteiger partial charge in [-0.05, 0) is 141 Å². The Labute approximate surface area is 285 Å². The van der Waals surface area contributed by atoms with Crippen LogP contribution in [0.3, 0.4) is 0 Å². The van der Waals surface area contributed by atoms with Crippen molar-refractivity contribution in [3.05, 3.63) is 179 Å². The molecule has 14 bridgehead atoms. The van der Waals surface area contributed by atoms with Crippen molar-refractivity contribution in [2.75, 3.05) is 0 Å². The molecular formula is C47H30F2. The lowest BCUT2D eigenvalue weighted by molar-refractivity contribution is -0.0261. The van der Waals surface area contributed by atoms with Crippen LogP contribution in [-0.4, -0.2) is 5.92 Å². The van der Waals surface area contributed by atoms with Crippen molar-refractivity contribution in [3.63, 3.8) is 0 Å². The van der Waals surface area contributed by atoms with Gasteiger partial charge in [0.25, 0.3) is 5.92 Å². The number of benzene rings is 7. The molecule has 7 aromatic rings. The fourth-order valence-corrected chi connectivity index (χ4v) is 7.60. The van der Waals surface area contributed by atoms with E-state index in [-0.39, 0.29) is 0 Å². The number of hydrogen-bond acceptors (Lipinski definition) is 0. The summed E-state index contributed by atoms with van der Waals surface area (Å²) >= 11 is 0. The van der Waals surface area contributed by atoms with Crippen LogP contribution in [0.5, 0.6) is 0 Å². The fourth-order valence-electron chi connectivity index (χ4n) is 7.60. The maximum absolute atomic E-state index is 16.2. The molecule has 2 aliphatic carbocycles. The largest absolute Gasteiger partial charge is 0.261 e. The highest BCUT2D eigenvalue weighted by Gasteiger charge is 2.53. The second kappa shape index (κ2) is 11.6. The van der Waals surface area contributed by atoms with E-state index < -0.39 is 17.8 Å². The van der Waals surface area contributed by atoms with Gasteiger partial charge in [0.1, 0.15) is 0 Å². The van der Waals surface area contributed by atoms with E-state index >= 15 is 8.78 Å². The first-order valence-electron chi connectivity index (χ1n) is 16.8. The van der Waals surface area contributed by atoms with Crippen LogP contribution in [-0.2, 0) is 0 Å². The van der Waals surface area contributed by atoms with E-state index in [0.29, 0.717) is 24.0 Å². The highest BCUT2D eigenvalue weighted by Crippen LogP contribution is 2.55. The third-order valence-corrected chi connectivity index (χ3v) is 10.1. The van der Waals surface area contributed by atoms with Gasteiger partial charge in [-0.3, -0.25) is 0 Å². The molecule has 1 fully saturated rings. The zero-order valence-electron chi connectivity index (χ0n) is 26.7. The Hall–Kier alpha value is -5.96. The SMILES string of the molecule is FC1(F)C2CCC1c1cccc(c1)C#Cc1cccc(c1)-c1ccc3cc4ccc(cc4cc3c1)-c1cccc(c1)C#Cc1cccc2c1. The zero-order chi connectivity index (χ0) is 33.0. The molecule has 2 aliphatic rings. The van der Waals surface area contributed by atoms with Crippen molar-refractivity contribution in [2.24, 2.45) is 0 Å². The molecule has 2 atom stereocenters. The summed E-state index contributed by atoms with van der Waals surface area (Å²) in [4.78, 5) is 0.